The van der Waals surface area contributed by atoms with Crippen LogP contribution in [0.1, 0.15) is 12.0 Å². The van der Waals surface area contributed by atoms with Gasteiger partial charge in [-0.05, 0) is 12.1 Å². The van der Waals surface area contributed by atoms with Crippen molar-refractivity contribution in [2.45, 2.75) is 5.09 Å². The molecule has 1 aromatic rings. The molecule has 16 heavy (non-hydrogen) atoms. The van der Waals surface area contributed by atoms with Crippen molar-refractivity contribution in [2.24, 2.45) is 0 Å². The van der Waals surface area contributed by atoms with Crippen molar-refractivity contribution >= 4 is 15.8 Å². The average Bonchev–Trinajstić information content (AvgIpc) is 2.64. The van der Waals surface area contributed by atoms with E-state index in [2.05, 4.69) is 9.15 Å². The summed E-state index contributed by atoms with van der Waals surface area (Å²) >= 11 is 0. The minimum Gasteiger partial charge on any atom is -1.00 e. The molecule has 0 aromatic carbocycles. The van der Waals surface area contributed by atoms with Gasteiger partial charge in [0.2, 0.25) is 20.7 Å². The molecule has 0 radical (unpaired) electrons. The van der Waals surface area contributed by atoms with Crippen LogP contribution in [-0.2, 0) is 14.6 Å². The first-order valence-corrected chi connectivity index (χ1v) is 5.67. The number of ether oxygens (including phenoxy) is 1. The van der Waals surface area contributed by atoms with Crippen molar-refractivity contribution in [3.05, 3.63) is 17.9 Å². The first-order chi connectivity index (χ1) is 6.97. The molecular weight excluding hydrogens is 231 g/mol. The number of aromatic carboxylic acids is 1. The summed E-state index contributed by atoms with van der Waals surface area (Å²) in [5.74, 6) is -1.94. The van der Waals surface area contributed by atoms with E-state index in [1.807, 2.05) is 0 Å². The number of sulfone groups is 1. The van der Waals surface area contributed by atoms with Gasteiger partial charge in [0.1, 0.15) is 0 Å². The zero-order valence-electron chi connectivity index (χ0n) is 9.97. The van der Waals surface area contributed by atoms with E-state index in [1.165, 1.54) is 7.11 Å². The molecule has 0 unspecified atom stereocenters. The van der Waals surface area contributed by atoms with E-state index in [1.54, 1.807) is 0 Å². The standard InChI is InChI=1S/C8H10O6S.Li.H/c1-13-4-5-15(11,12)7-3-2-6(14-7)8(9)10;;/h2-3H,4-5H2,1H3,(H,9,10);;/q;+1;-1. The van der Waals surface area contributed by atoms with Gasteiger partial charge in [-0.25, -0.2) is 13.2 Å². The largest absolute Gasteiger partial charge is 1.00 e. The molecule has 0 bridgehead atoms. The summed E-state index contributed by atoms with van der Waals surface area (Å²) < 4.78 is 32.2. The van der Waals surface area contributed by atoms with Crippen molar-refractivity contribution in [1.82, 2.24) is 0 Å². The molecule has 0 saturated carbocycles. The summed E-state index contributed by atoms with van der Waals surface area (Å²) in [4.78, 5) is 10.4. The number of carboxylic acids is 1. The van der Waals surface area contributed by atoms with Crippen LogP contribution in [0.2, 0.25) is 0 Å². The molecule has 0 fully saturated rings. The second kappa shape index (κ2) is 6.11. The molecule has 1 N–H and O–H groups in total. The SMILES string of the molecule is COCCS(=O)(=O)c1ccc(C(=O)O)o1.[H-].[Li+]. The molecule has 0 aliphatic carbocycles. The average molecular weight is 242 g/mol. The molecular formula is C8H11LiO6S. The maximum atomic E-state index is 11.5. The van der Waals surface area contributed by atoms with Crippen LogP contribution in [0.15, 0.2) is 21.6 Å². The maximum absolute atomic E-state index is 11.5. The Labute approximate surface area is 106 Å². The predicted octanol–water partition coefficient (Wildman–Crippen LogP) is -2.49. The van der Waals surface area contributed by atoms with Crippen LogP contribution in [-0.4, -0.2) is 39.0 Å². The van der Waals surface area contributed by atoms with Gasteiger partial charge in [-0.3, -0.25) is 0 Å². The van der Waals surface area contributed by atoms with E-state index in [4.69, 9.17) is 5.11 Å². The summed E-state index contributed by atoms with van der Waals surface area (Å²) in [5, 5.41) is 8.18. The molecule has 8 heteroatoms. The summed E-state index contributed by atoms with van der Waals surface area (Å²) in [7, 11) is -2.21. The van der Waals surface area contributed by atoms with E-state index < -0.39 is 21.6 Å². The molecule has 0 atom stereocenters. The molecule has 6 nitrogen and oxygen atoms in total. The van der Waals surface area contributed by atoms with E-state index in [0.29, 0.717) is 0 Å². The number of hydrogen-bond acceptors (Lipinski definition) is 5. The van der Waals surface area contributed by atoms with Gasteiger partial charge in [-0.2, -0.15) is 0 Å². The fraction of sp³-hybridized carbons (Fsp3) is 0.375. The number of rotatable bonds is 5. The summed E-state index contributed by atoms with van der Waals surface area (Å²) in [6.07, 6.45) is 0. The monoisotopic (exact) mass is 242 g/mol. The first-order valence-electron chi connectivity index (χ1n) is 4.02. The Balaban J connectivity index is 0. The van der Waals surface area contributed by atoms with Crippen LogP contribution in [0.4, 0.5) is 0 Å². The maximum Gasteiger partial charge on any atom is 1.00 e. The molecule has 0 amide bonds. The van der Waals surface area contributed by atoms with Gasteiger partial charge >= 0.3 is 24.8 Å². The van der Waals surface area contributed by atoms with Gasteiger partial charge in [-0.1, -0.05) is 0 Å². The molecule has 86 valence electrons. The topological polar surface area (TPSA) is 93.8 Å². The molecule has 0 aliphatic rings. The third-order valence-corrected chi connectivity index (χ3v) is 3.19. The second-order valence-corrected chi connectivity index (χ2v) is 4.78. The number of furan rings is 1. The van der Waals surface area contributed by atoms with Crippen LogP contribution in [0.3, 0.4) is 0 Å². The molecule has 0 saturated heterocycles. The predicted molar refractivity (Wildman–Crippen MR) is 50.7 cm³/mol. The summed E-state index contributed by atoms with van der Waals surface area (Å²) in [5.41, 5.74) is 0. The van der Waals surface area contributed by atoms with E-state index in [0.717, 1.165) is 12.1 Å². The van der Waals surface area contributed by atoms with E-state index in [9.17, 15) is 13.2 Å². The van der Waals surface area contributed by atoms with Gasteiger partial charge in [0.25, 0.3) is 0 Å². The Hall–Kier alpha value is -0.743. The van der Waals surface area contributed by atoms with Gasteiger partial charge in [0.05, 0.1) is 12.4 Å². The summed E-state index contributed by atoms with van der Waals surface area (Å²) in [6, 6.07) is 2.22. The Morgan fingerprint density at radius 2 is 2.19 bits per heavy atom. The van der Waals surface area contributed by atoms with Crippen LogP contribution in [0.25, 0.3) is 0 Å². The van der Waals surface area contributed by atoms with Crippen LogP contribution >= 0.6 is 0 Å². The Morgan fingerprint density at radius 1 is 1.56 bits per heavy atom. The molecule has 0 spiro atoms. The number of methoxy groups -OCH3 is 1. The fourth-order valence-electron chi connectivity index (χ4n) is 0.896. The number of carbonyl (C=O) groups is 1. The van der Waals surface area contributed by atoms with Gasteiger partial charge in [0, 0.05) is 7.11 Å². The minimum atomic E-state index is -3.59. The Morgan fingerprint density at radius 3 is 2.62 bits per heavy atom. The van der Waals surface area contributed by atoms with Crippen molar-refractivity contribution in [3.63, 3.8) is 0 Å². The quantitative estimate of drug-likeness (QED) is 0.574. The Kier molecular flexibility index (Phi) is 5.82. The fourth-order valence-corrected chi connectivity index (χ4v) is 1.98. The molecule has 1 aromatic heterocycles. The Bertz CT molecular complexity index is 454. The smallest absolute Gasteiger partial charge is 1.00 e. The van der Waals surface area contributed by atoms with Crippen LogP contribution in [0, 0.1) is 0 Å². The number of carboxylic acid groups (broad SMARTS) is 1. The normalized spacial score (nSPS) is 10.8. The molecule has 0 aliphatic heterocycles. The van der Waals surface area contributed by atoms with Crippen molar-refractivity contribution < 1.29 is 47.8 Å². The first kappa shape index (κ1) is 15.3. The summed E-state index contributed by atoms with van der Waals surface area (Å²) in [6.45, 7) is 0.0332. The second-order valence-electron chi connectivity index (χ2n) is 2.74. The van der Waals surface area contributed by atoms with Crippen molar-refractivity contribution in [1.29, 1.82) is 0 Å². The zero-order valence-corrected chi connectivity index (χ0v) is 9.78. The van der Waals surface area contributed by atoms with Crippen molar-refractivity contribution in [2.75, 3.05) is 19.5 Å². The van der Waals surface area contributed by atoms with E-state index in [-0.39, 0.29) is 37.7 Å². The van der Waals surface area contributed by atoms with E-state index >= 15 is 0 Å². The van der Waals surface area contributed by atoms with Gasteiger partial charge in [-0.15, -0.1) is 0 Å². The molecule has 1 rings (SSSR count). The van der Waals surface area contributed by atoms with Crippen LogP contribution < -0.4 is 18.9 Å². The van der Waals surface area contributed by atoms with Gasteiger partial charge in [0.15, 0.2) is 0 Å². The molecule has 1 heterocycles. The third-order valence-electron chi connectivity index (χ3n) is 1.65. The zero-order chi connectivity index (χ0) is 11.5. The number of hydrogen-bond donors (Lipinski definition) is 1. The van der Waals surface area contributed by atoms with Crippen molar-refractivity contribution in [3.8, 4) is 0 Å². The van der Waals surface area contributed by atoms with Gasteiger partial charge < -0.3 is 15.7 Å². The third kappa shape index (κ3) is 3.68. The van der Waals surface area contributed by atoms with Crippen LogP contribution in [0.5, 0.6) is 0 Å². The minimum absolute atomic E-state index is 0.